The molecule has 0 spiro atoms. The monoisotopic (exact) mass is 288 g/mol. The fourth-order valence-corrected chi connectivity index (χ4v) is 3.77. The van der Waals surface area contributed by atoms with Gasteiger partial charge in [-0.15, -0.1) is 0 Å². The summed E-state index contributed by atoms with van der Waals surface area (Å²) in [5, 5.41) is 9.01. The van der Waals surface area contributed by atoms with Gasteiger partial charge < -0.3 is 5.11 Å². The Morgan fingerprint density at radius 3 is 2.30 bits per heavy atom. The summed E-state index contributed by atoms with van der Waals surface area (Å²) in [5.74, 6) is -0.788. The molecule has 0 radical (unpaired) electrons. The Bertz CT molecular complexity index is 789. The molecule has 0 atom stereocenters. The molecule has 102 valence electrons. The predicted molar refractivity (Wildman–Crippen MR) is 74.2 cm³/mol. The van der Waals surface area contributed by atoms with Crippen molar-refractivity contribution in [2.45, 2.75) is 11.5 Å². The largest absolute Gasteiger partial charge is 0.392 e. The van der Waals surface area contributed by atoms with Crippen LogP contribution in [0.4, 0.5) is 0 Å². The Kier molecular flexibility index (Phi) is 2.96. The molecule has 5 heteroatoms. The third-order valence-corrected chi connectivity index (χ3v) is 5.07. The molecule has 3 rings (SSSR count). The van der Waals surface area contributed by atoms with Gasteiger partial charge in [-0.1, -0.05) is 30.3 Å². The van der Waals surface area contributed by atoms with Crippen molar-refractivity contribution in [1.29, 1.82) is 0 Å². The van der Waals surface area contributed by atoms with Gasteiger partial charge in [-0.3, -0.25) is 4.79 Å². The van der Waals surface area contributed by atoms with Gasteiger partial charge in [-0.05, 0) is 28.8 Å². The number of benzene rings is 2. The maximum Gasteiger partial charge on any atom is 0.186 e. The zero-order valence-corrected chi connectivity index (χ0v) is 11.4. The van der Waals surface area contributed by atoms with Gasteiger partial charge >= 0.3 is 0 Å². The van der Waals surface area contributed by atoms with E-state index in [9.17, 15) is 13.2 Å². The lowest BCUT2D eigenvalue weighted by Crippen LogP contribution is -2.03. The molecular formula is C15H12O4S. The summed E-state index contributed by atoms with van der Waals surface area (Å²) in [6.45, 7) is -0.0266. The summed E-state index contributed by atoms with van der Waals surface area (Å²) >= 11 is 0. The van der Waals surface area contributed by atoms with Crippen molar-refractivity contribution in [3.8, 4) is 11.1 Å². The number of sulfone groups is 1. The smallest absolute Gasteiger partial charge is 0.186 e. The second kappa shape index (κ2) is 4.54. The van der Waals surface area contributed by atoms with Gasteiger partial charge in [0.15, 0.2) is 15.6 Å². The van der Waals surface area contributed by atoms with Crippen molar-refractivity contribution in [3.05, 3.63) is 53.6 Å². The van der Waals surface area contributed by atoms with Gasteiger partial charge in [0, 0.05) is 5.56 Å². The van der Waals surface area contributed by atoms with Gasteiger partial charge in [0.2, 0.25) is 0 Å². The number of aliphatic hydroxyl groups is 1. The number of Topliss-reactive ketones (excluding diaryl/α,β-unsaturated/α-hetero) is 1. The molecule has 0 aromatic heterocycles. The Labute approximate surface area is 116 Å². The summed E-state index contributed by atoms with van der Waals surface area (Å²) < 4.78 is 23.5. The first-order valence-corrected chi connectivity index (χ1v) is 7.77. The van der Waals surface area contributed by atoms with Crippen molar-refractivity contribution >= 4 is 15.6 Å². The summed E-state index contributed by atoms with van der Waals surface area (Å²) in [4.78, 5) is 11.9. The highest BCUT2D eigenvalue weighted by Crippen LogP contribution is 2.30. The van der Waals surface area contributed by atoms with E-state index in [1.165, 1.54) is 6.07 Å². The van der Waals surface area contributed by atoms with Crippen LogP contribution < -0.4 is 0 Å². The van der Waals surface area contributed by atoms with Gasteiger partial charge in [-0.25, -0.2) is 8.42 Å². The predicted octanol–water partition coefficient (Wildman–Crippen LogP) is 1.82. The van der Waals surface area contributed by atoms with E-state index in [0.29, 0.717) is 0 Å². The number of fused-ring (bicyclic) bond motifs is 1. The van der Waals surface area contributed by atoms with Crippen LogP contribution in [0.1, 0.15) is 15.9 Å². The minimum Gasteiger partial charge on any atom is -0.392 e. The second-order valence-corrected chi connectivity index (χ2v) is 6.71. The van der Waals surface area contributed by atoms with E-state index in [1.807, 2.05) is 12.1 Å². The minimum absolute atomic E-state index is 0.0266. The molecular weight excluding hydrogens is 276 g/mol. The minimum atomic E-state index is -3.45. The molecule has 0 aliphatic carbocycles. The SMILES string of the molecule is O=C1CS(=O)(=O)c2ccc(-c3ccc(CO)cc3)cc21. The summed E-state index contributed by atoms with van der Waals surface area (Å²) in [5.41, 5.74) is 2.74. The van der Waals surface area contributed by atoms with Gasteiger partial charge in [-0.2, -0.15) is 0 Å². The molecule has 0 fully saturated rings. The number of carbonyl (C=O) groups is 1. The molecule has 2 aromatic rings. The highest BCUT2D eigenvalue weighted by molar-refractivity contribution is 7.92. The Morgan fingerprint density at radius 2 is 1.65 bits per heavy atom. The van der Waals surface area contributed by atoms with Gasteiger partial charge in [0.25, 0.3) is 0 Å². The maximum absolute atomic E-state index is 11.8. The van der Waals surface area contributed by atoms with E-state index in [0.717, 1.165) is 16.7 Å². The number of hydrogen-bond acceptors (Lipinski definition) is 4. The van der Waals surface area contributed by atoms with Crippen LogP contribution in [0.5, 0.6) is 0 Å². The standard InChI is InChI=1S/C15H12O4S/c16-8-10-1-3-11(4-2-10)12-5-6-15-13(7-12)14(17)9-20(15,18)19/h1-7,16H,8-9H2. The molecule has 20 heavy (non-hydrogen) atoms. The lowest BCUT2D eigenvalue weighted by Gasteiger charge is -2.05. The van der Waals surface area contributed by atoms with Gasteiger partial charge in [0.05, 0.1) is 11.5 Å². The maximum atomic E-state index is 11.8. The van der Waals surface area contributed by atoms with E-state index in [1.54, 1.807) is 24.3 Å². The fraction of sp³-hybridized carbons (Fsp3) is 0.133. The van der Waals surface area contributed by atoms with Crippen LogP contribution in [-0.2, 0) is 16.4 Å². The van der Waals surface area contributed by atoms with E-state index in [-0.39, 0.29) is 22.8 Å². The Morgan fingerprint density at radius 1 is 1.00 bits per heavy atom. The quantitative estimate of drug-likeness (QED) is 0.915. The first kappa shape index (κ1) is 13.0. The second-order valence-electron chi connectivity index (χ2n) is 4.75. The number of carbonyl (C=O) groups excluding carboxylic acids is 1. The number of rotatable bonds is 2. The lowest BCUT2D eigenvalue weighted by molar-refractivity contribution is 0.102. The van der Waals surface area contributed by atoms with Crippen LogP contribution in [0, 0.1) is 0 Å². The highest BCUT2D eigenvalue weighted by atomic mass is 32.2. The van der Waals surface area contributed by atoms with Crippen LogP contribution in [0.3, 0.4) is 0 Å². The number of ketones is 1. The van der Waals surface area contributed by atoms with Crippen LogP contribution >= 0.6 is 0 Å². The fourth-order valence-electron chi connectivity index (χ4n) is 2.33. The Balaban J connectivity index is 2.09. The lowest BCUT2D eigenvalue weighted by atomic mass is 10.0. The van der Waals surface area contributed by atoms with E-state index < -0.39 is 15.6 Å². The number of hydrogen-bond donors (Lipinski definition) is 1. The third-order valence-electron chi connectivity index (χ3n) is 3.41. The van der Waals surface area contributed by atoms with E-state index in [4.69, 9.17) is 5.11 Å². The molecule has 0 saturated carbocycles. The normalized spacial score (nSPS) is 16.1. The molecule has 1 N–H and O–H groups in total. The van der Waals surface area contributed by atoms with Crippen molar-refractivity contribution in [3.63, 3.8) is 0 Å². The first-order valence-electron chi connectivity index (χ1n) is 6.11. The molecule has 0 saturated heterocycles. The first-order chi connectivity index (χ1) is 9.51. The topological polar surface area (TPSA) is 71.4 Å². The molecule has 1 aliphatic heterocycles. The van der Waals surface area contributed by atoms with Crippen molar-refractivity contribution in [1.82, 2.24) is 0 Å². The molecule has 0 unspecified atom stereocenters. The van der Waals surface area contributed by atoms with Crippen LogP contribution in [0.15, 0.2) is 47.4 Å². The molecule has 0 bridgehead atoms. The summed E-state index contributed by atoms with van der Waals surface area (Å²) in [7, 11) is -3.45. The molecule has 4 nitrogen and oxygen atoms in total. The van der Waals surface area contributed by atoms with Crippen LogP contribution in [0.25, 0.3) is 11.1 Å². The summed E-state index contributed by atoms with van der Waals surface area (Å²) in [6.07, 6.45) is 0. The molecule has 1 heterocycles. The average Bonchev–Trinajstić information content (AvgIpc) is 2.68. The van der Waals surface area contributed by atoms with Crippen molar-refractivity contribution < 1.29 is 18.3 Å². The number of aliphatic hydroxyl groups excluding tert-OH is 1. The van der Waals surface area contributed by atoms with Crippen molar-refractivity contribution in [2.75, 3.05) is 5.75 Å². The Hall–Kier alpha value is -1.98. The van der Waals surface area contributed by atoms with Crippen LogP contribution in [0.2, 0.25) is 0 Å². The van der Waals surface area contributed by atoms with Crippen LogP contribution in [-0.4, -0.2) is 25.1 Å². The van der Waals surface area contributed by atoms with Gasteiger partial charge in [0.1, 0.15) is 5.75 Å². The summed E-state index contributed by atoms with van der Waals surface area (Å²) in [6, 6.07) is 12.1. The van der Waals surface area contributed by atoms with E-state index in [2.05, 4.69) is 0 Å². The molecule has 0 amide bonds. The average molecular weight is 288 g/mol. The van der Waals surface area contributed by atoms with E-state index >= 15 is 0 Å². The third kappa shape index (κ3) is 2.05. The zero-order valence-electron chi connectivity index (χ0n) is 10.5. The molecule has 1 aliphatic rings. The van der Waals surface area contributed by atoms with Crippen molar-refractivity contribution in [2.24, 2.45) is 0 Å². The zero-order chi connectivity index (χ0) is 14.3. The highest BCUT2D eigenvalue weighted by Gasteiger charge is 2.33. The molecule has 2 aromatic carbocycles.